The Morgan fingerprint density at radius 2 is 1.67 bits per heavy atom. The summed E-state index contributed by atoms with van der Waals surface area (Å²) < 4.78 is 0. The van der Waals surface area contributed by atoms with E-state index < -0.39 is 0 Å². The van der Waals surface area contributed by atoms with E-state index in [4.69, 9.17) is 0 Å². The third-order valence-electron chi connectivity index (χ3n) is 0.211. The number of rotatable bonds is 1. The molecule has 0 saturated heterocycles. The van der Waals surface area contributed by atoms with Crippen LogP contribution in [-0.2, 0) is 37.5 Å². The quantitative estimate of drug-likeness (QED) is 0.485. The molecule has 0 fully saturated rings. The fourth-order valence-electron chi connectivity index (χ4n) is 0. The number of amides is 1. The second-order valence-electron chi connectivity index (χ2n) is 1.07. The van der Waals surface area contributed by atoms with Crippen molar-refractivity contribution in [1.82, 2.24) is 4.90 Å². The minimum Gasteiger partial charge on any atom is -0.351 e. The molecule has 2 nitrogen and oxygen atoms in total. The van der Waals surface area contributed by atoms with Crippen molar-refractivity contribution in [2.75, 3.05) is 14.1 Å². The first kappa shape index (κ1) is 9.76. The molecule has 1 radical (unpaired) electrons. The van der Waals surface area contributed by atoms with Crippen molar-refractivity contribution in [2.45, 2.75) is 0 Å². The molecule has 0 aromatic heterocycles. The van der Waals surface area contributed by atoms with Crippen LogP contribution in [0.3, 0.4) is 0 Å². The van der Waals surface area contributed by atoms with Gasteiger partial charge in [-0.2, -0.15) is 0 Å². The molecule has 33 valence electrons. The van der Waals surface area contributed by atoms with Gasteiger partial charge in [0.25, 0.3) is 0 Å². The molecule has 1 amide bonds. The Morgan fingerprint density at radius 3 is 1.67 bits per heavy atom. The van der Waals surface area contributed by atoms with Crippen LogP contribution in [0, 0.1) is 0 Å². The third kappa shape index (κ3) is 8.82. The molecule has 0 aliphatic rings. The Morgan fingerprint density at radius 1 is 1.50 bits per heavy atom. The molecule has 0 aliphatic heterocycles. The van der Waals surface area contributed by atoms with Crippen molar-refractivity contribution >= 4 is 6.41 Å². The van der Waals surface area contributed by atoms with Crippen molar-refractivity contribution in [3.8, 4) is 0 Å². The van der Waals surface area contributed by atoms with Crippen LogP contribution < -0.4 is 0 Å². The molecule has 0 aromatic carbocycles. The molecule has 0 bridgehead atoms. The van der Waals surface area contributed by atoms with Gasteiger partial charge in [0.2, 0.25) is 6.41 Å². The molecule has 0 heterocycles. The first-order valence-electron chi connectivity index (χ1n) is 1.39. The number of hydrogen-bond donors (Lipinski definition) is 0. The summed E-state index contributed by atoms with van der Waals surface area (Å²) >= 11 is 0. The van der Waals surface area contributed by atoms with E-state index in [0.717, 1.165) is 6.41 Å². The van der Waals surface area contributed by atoms with Crippen LogP contribution in [0.2, 0.25) is 0 Å². The van der Waals surface area contributed by atoms with Gasteiger partial charge in [-0.15, -0.1) is 0 Å². The molecular formula is C3H7NOY. The molecule has 0 rings (SSSR count). The molecule has 0 N–H and O–H groups in total. The SMILES string of the molecule is CN(C)C=O.[Y]. The first-order valence-corrected chi connectivity index (χ1v) is 1.39. The van der Waals surface area contributed by atoms with E-state index in [0.29, 0.717) is 0 Å². The Kier molecular flexibility index (Phi) is 9.07. The topological polar surface area (TPSA) is 20.3 Å². The summed E-state index contributed by atoms with van der Waals surface area (Å²) in [7, 11) is 3.38. The molecular weight excluding hydrogens is 155 g/mol. The van der Waals surface area contributed by atoms with Gasteiger partial charge in [0.1, 0.15) is 0 Å². The van der Waals surface area contributed by atoms with Crippen LogP contribution in [0.25, 0.3) is 0 Å². The van der Waals surface area contributed by atoms with E-state index in [1.807, 2.05) is 0 Å². The predicted molar refractivity (Wildman–Crippen MR) is 19.8 cm³/mol. The summed E-state index contributed by atoms with van der Waals surface area (Å²) in [5.74, 6) is 0. The van der Waals surface area contributed by atoms with Crippen LogP contribution >= 0.6 is 0 Å². The largest absolute Gasteiger partial charge is 0.351 e. The normalized spacial score (nSPS) is 5.67. The maximum atomic E-state index is 9.43. The zero-order valence-corrected chi connectivity index (χ0v) is 6.85. The molecule has 6 heavy (non-hydrogen) atoms. The van der Waals surface area contributed by atoms with E-state index in [-0.39, 0.29) is 32.7 Å². The number of hydrogen-bond acceptors (Lipinski definition) is 1. The van der Waals surface area contributed by atoms with Gasteiger partial charge in [-0.25, -0.2) is 0 Å². The number of carbonyl (C=O) groups is 1. The maximum absolute atomic E-state index is 9.43. The monoisotopic (exact) mass is 162 g/mol. The van der Waals surface area contributed by atoms with Crippen molar-refractivity contribution in [1.29, 1.82) is 0 Å². The van der Waals surface area contributed by atoms with E-state index in [2.05, 4.69) is 0 Å². The zero-order valence-electron chi connectivity index (χ0n) is 4.01. The number of carbonyl (C=O) groups excluding carboxylic acids is 1. The van der Waals surface area contributed by atoms with Gasteiger partial charge in [-0.05, 0) is 0 Å². The van der Waals surface area contributed by atoms with E-state index in [1.54, 1.807) is 14.1 Å². The Hall–Kier alpha value is 0.574. The van der Waals surface area contributed by atoms with Crippen LogP contribution in [-0.4, -0.2) is 25.4 Å². The minimum atomic E-state index is 0. The maximum Gasteiger partial charge on any atom is 0.209 e. The summed E-state index contributed by atoms with van der Waals surface area (Å²) in [6.07, 6.45) is 0.750. The van der Waals surface area contributed by atoms with Gasteiger partial charge in [0.05, 0.1) is 0 Å². The standard InChI is InChI=1S/C3H7NO.Y/c1-4(2)3-5;/h3H,1-2H3;. The summed E-state index contributed by atoms with van der Waals surface area (Å²) in [6, 6.07) is 0. The smallest absolute Gasteiger partial charge is 0.209 e. The number of nitrogens with zero attached hydrogens (tertiary/aromatic N) is 1. The average Bonchev–Trinajstić information content (AvgIpc) is 1.38. The van der Waals surface area contributed by atoms with Crippen molar-refractivity contribution in [2.24, 2.45) is 0 Å². The van der Waals surface area contributed by atoms with Crippen molar-refractivity contribution < 1.29 is 37.5 Å². The predicted octanol–water partition coefficient (Wildman–Crippen LogP) is -0.298. The Labute approximate surface area is 62.8 Å². The van der Waals surface area contributed by atoms with Gasteiger partial charge < -0.3 is 4.90 Å². The summed E-state index contributed by atoms with van der Waals surface area (Å²) in [5, 5.41) is 0. The van der Waals surface area contributed by atoms with Crippen molar-refractivity contribution in [3.63, 3.8) is 0 Å². The summed E-state index contributed by atoms with van der Waals surface area (Å²) in [4.78, 5) is 10.9. The average molecular weight is 162 g/mol. The first-order chi connectivity index (χ1) is 2.27. The Balaban J connectivity index is 0. The van der Waals surface area contributed by atoms with E-state index >= 15 is 0 Å². The van der Waals surface area contributed by atoms with Crippen LogP contribution in [0.15, 0.2) is 0 Å². The van der Waals surface area contributed by atoms with Gasteiger partial charge in [-0.1, -0.05) is 0 Å². The minimum absolute atomic E-state index is 0. The summed E-state index contributed by atoms with van der Waals surface area (Å²) in [5.41, 5.74) is 0. The molecule has 0 aromatic rings. The van der Waals surface area contributed by atoms with Gasteiger partial charge in [-0.3, -0.25) is 4.79 Å². The molecule has 0 aliphatic carbocycles. The Bertz CT molecular complexity index is 37.8. The van der Waals surface area contributed by atoms with Gasteiger partial charge in [0, 0.05) is 46.8 Å². The van der Waals surface area contributed by atoms with Crippen LogP contribution in [0.1, 0.15) is 0 Å². The second-order valence-corrected chi connectivity index (χ2v) is 1.07. The van der Waals surface area contributed by atoms with Crippen molar-refractivity contribution in [3.05, 3.63) is 0 Å². The molecule has 0 atom stereocenters. The van der Waals surface area contributed by atoms with Gasteiger partial charge >= 0.3 is 0 Å². The molecule has 0 unspecified atom stereocenters. The fourth-order valence-corrected chi connectivity index (χ4v) is 0. The second kappa shape index (κ2) is 5.57. The molecule has 3 heteroatoms. The zero-order chi connectivity index (χ0) is 4.28. The van der Waals surface area contributed by atoms with Gasteiger partial charge in [0.15, 0.2) is 0 Å². The third-order valence-corrected chi connectivity index (χ3v) is 0.211. The van der Waals surface area contributed by atoms with Crippen LogP contribution in [0.5, 0.6) is 0 Å². The van der Waals surface area contributed by atoms with Crippen LogP contribution in [0.4, 0.5) is 0 Å². The summed E-state index contributed by atoms with van der Waals surface area (Å²) in [6.45, 7) is 0. The van der Waals surface area contributed by atoms with E-state index in [9.17, 15) is 4.79 Å². The molecule has 0 saturated carbocycles. The van der Waals surface area contributed by atoms with E-state index in [1.165, 1.54) is 4.90 Å². The fraction of sp³-hybridized carbons (Fsp3) is 0.667. The molecule has 0 spiro atoms.